The first-order chi connectivity index (χ1) is 8.47. The van der Waals surface area contributed by atoms with Gasteiger partial charge in [0.2, 0.25) is 5.91 Å². The number of nitrogens with two attached hydrogens (primary N) is 1. The van der Waals surface area contributed by atoms with Crippen molar-refractivity contribution in [3.63, 3.8) is 0 Å². The second-order valence-electron chi connectivity index (χ2n) is 5.81. The smallest absolute Gasteiger partial charge is 0.235 e. The number of nitrogens with zero attached hydrogens (tertiary/aromatic N) is 2. The van der Waals surface area contributed by atoms with Gasteiger partial charge in [-0.1, -0.05) is 25.1 Å². The number of likely N-dealkylation sites (N-methyl/N-ethyl adjacent to an activating group) is 1. The SMILES string of the molecule is CN(C)C1CCN(C(=O)C2(C(N)=S)CCCC2)C1. The van der Waals surface area contributed by atoms with E-state index in [1.165, 1.54) is 0 Å². The summed E-state index contributed by atoms with van der Waals surface area (Å²) in [5.74, 6) is 0.178. The lowest BCUT2D eigenvalue weighted by Crippen LogP contribution is -2.49. The molecule has 1 saturated heterocycles. The Morgan fingerprint density at radius 1 is 1.39 bits per heavy atom. The average Bonchev–Trinajstić information content (AvgIpc) is 2.98. The maximum absolute atomic E-state index is 12.7. The van der Waals surface area contributed by atoms with Crippen LogP contribution in [0.1, 0.15) is 32.1 Å². The van der Waals surface area contributed by atoms with Crippen molar-refractivity contribution in [1.82, 2.24) is 9.80 Å². The van der Waals surface area contributed by atoms with Gasteiger partial charge in [-0.05, 0) is 33.4 Å². The van der Waals surface area contributed by atoms with Crippen LogP contribution in [0.15, 0.2) is 0 Å². The normalized spacial score (nSPS) is 26.8. The highest BCUT2D eigenvalue weighted by molar-refractivity contribution is 7.80. The molecule has 4 nitrogen and oxygen atoms in total. The molecule has 18 heavy (non-hydrogen) atoms. The molecule has 1 atom stereocenters. The Kier molecular flexibility index (Phi) is 3.92. The van der Waals surface area contributed by atoms with E-state index in [0.29, 0.717) is 11.0 Å². The molecule has 1 aliphatic heterocycles. The van der Waals surface area contributed by atoms with Crippen LogP contribution < -0.4 is 5.73 Å². The van der Waals surface area contributed by atoms with Crippen molar-refractivity contribution in [2.24, 2.45) is 11.1 Å². The van der Waals surface area contributed by atoms with Crippen molar-refractivity contribution in [3.8, 4) is 0 Å². The number of rotatable bonds is 3. The third kappa shape index (κ3) is 2.26. The Hall–Kier alpha value is -0.680. The first-order valence-electron chi connectivity index (χ1n) is 6.73. The minimum absolute atomic E-state index is 0.178. The maximum Gasteiger partial charge on any atom is 0.235 e. The van der Waals surface area contributed by atoms with E-state index in [-0.39, 0.29) is 5.91 Å². The molecule has 1 heterocycles. The van der Waals surface area contributed by atoms with Gasteiger partial charge in [0.15, 0.2) is 0 Å². The van der Waals surface area contributed by atoms with E-state index in [9.17, 15) is 4.79 Å². The van der Waals surface area contributed by atoms with Crippen LogP contribution in [-0.2, 0) is 4.79 Å². The number of thiocarbonyl (C=S) groups is 1. The van der Waals surface area contributed by atoms with Gasteiger partial charge >= 0.3 is 0 Å². The zero-order valence-corrected chi connectivity index (χ0v) is 12.1. The van der Waals surface area contributed by atoms with Gasteiger partial charge < -0.3 is 15.5 Å². The van der Waals surface area contributed by atoms with Gasteiger partial charge in [0.25, 0.3) is 0 Å². The lowest BCUT2D eigenvalue weighted by atomic mass is 9.84. The van der Waals surface area contributed by atoms with Crippen molar-refractivity contribution < 1.29 is 4.79 Å². The standard InChI is InChI=1S/C13H23N3OS/c1-15(2)10-5-8-16(9-10)12(17)13(11(14)18)6-3-4-7-13/h10H,3-9H2,1-2H3,(H2,14,18). The molecule has 5 heteroatoms. The Balaban J connectivity index is 2.09. The van der Waals surface area contributed by atoms with Gasteiger partial charge in [-0.2, -0.15) is 0 Å². The minimum atomic E-state index is -0.531. The number of carbonyl (C=O) groups excluding carboxylic acids is 1. The van der Waals surface area contributed by atoms with Crippen LogP contribution in [0.5, 0.6) is 0 Å². The van der Waals surface area contributed by atoms with Crippen LogP contribution in [0.2, 0.25) is 0 Å². The molecule has 0 aromatic heterocycles. The topological polar surface area (TPSA) is 49.6 Å². The molecule has 102 valence electrons. The summed E-state index contributed by atoms with van der Waals surface area (Å²) in [6.07, 6.45) is 4.85. The zero-order valence-electron chi connectivity index (χ0n) is 11.3. The van der Waals surface area contributed by atoms with Gasteiger partial charge in [-0.15, -0.1) is 0 Å². The van der Waals surface area contributed by atoms with E-state index in [4.69, 9.17) is 18.0 Å². The lowest BCUT2D eigenvalue weighted by molar-refractivity contribution is -0.137. The molecule has 0 spiro atoms. The van der Waals surface area contributed by atoms with Crippen LogP contribution >= 0.6 is 12.2 Å². The third-order valence-electron chi connectivity index (χ3n) is 4.52. The van der Waals surface area contributed by atoms with Gasteiger partial charge in [0.1, 0.15) is 0 Å². The summed E-state index contributed by atoms with van der Waals surface area (Å²) in [5.41, 5.74) is 5.34. The van der Waals surface area contributed by atoms with Crippen LogP contribution in [0.25, 0.3) is 0 Å². The Morgan fingerprint density at radius 2 is 2.00 bits per heavy atom. The van der Waals surface area contributed by atoms with E-state index >= 15 is 0 Å². The van der Waals surface area contributed by atoms with Crippen LogP contribution in [0.3, 0.4) is 0 Å². The van der Waals surface area contributed by atoms with Gasteiger partial charge in [0.05, 0.1) is 10.4 Å². The number of hydrogen-bond donors (Lipinski definition) is 1. The largest absolute Gasteiger partial charge is 0.392 e. The molecular weight excluding hydrogens is 246 g/mol. The molecule has 1 amide bonds. The maximum atomic E-state index is 12.7. The summed E-state index contributed by atoms with van der Waals surface area (Å²) in [6.45, 7) is 1.65. The molecule has 0 bridgehead atoms. The molecule has 1 unspecified atom stereocenters. The predicted octanol–water partition coefficient (Wildman–Crippen LogP) is 0.995. The quantitative estimate of drug-likeness (QED) is 0.777. The molecule has 1 aliphatic carbocycles. The summed E-state index contributed by atoms with van der Waals surface area (Å²) in [5, 5.41) is 0. The molecule has 2 rings (SSSR count). The fourth-order valence-corrected chi connectivity index (χ4v) is 3.49. The zero-order chi connectivity index (χ0) is 13.3. The van der Waals surface area contributed by atoms with Gasteiger partial charge in [0, 0.05) is 19.1 Å². The predicted molar refractivity (Wildman–Crippen MR) is 76.4 cm³/mol. The summed E-state index contributed by atoms with van der Waals surface area (Å²) >= 11 is 5.18. The van der Waals surface area contributed by atoms with Crippen LogP contribution in [0.4, 0.5) is 0 Å². The van der Waals surface area contributed by atoms with Crippen LogP contribution in [-0.4, -0.2) is 53.9 Å². The minimum Gasteiger partial charge on any atom is -0.392 e. The molecule has 2 aliphatic rings. The van der Waals surface area contributed by atoms with Crippen molar-refractivity contribution in [2.75, 3.05) is 27.2 Å². The highest BCUT2D eigenvalue weighted by atomic mass is 32.1. The fraction of sp³-hybridized carbons (Fsp3) is 0.846. The number of hydrogen-bond acceptors (Lipinski definition) is 3. The second-order valence-corrected chi connectivity index (χ2v) is 6.25. The third-order valence-corrected chi connectivity index (χ3v) is 4.91. The van der Waals surface area contributed by atoms with Crippen molar-refractivity contribution in [1.29, 1.82) is 0 Å². The van der Waals surface area contributed by atoms with E-state index in [1.54, 1.807) is 0 Å². The van der Waals surface area contributed by atoms with E-state index in [1.807, 2.05) is 4.90 Å². The molecule has 2 fully saturated rings. The van der Waals surface area contributed by atoms with E-state index in [0.717, 1.165) is 45.2 Å². The average molecular weight is 269 g/mol. The van der Waals surface area contributed by atoms with E-state index < -0.39 is 5.41 Å². The Bertz CT molecular complexity index is 350. The number of carbonyl (C=O) groups is 1. The van der Waals surface area contributed by atoms with Crippen LogP contribution in [0, 0.1) is 5.41 Å². The summed E-state index contributed by atoms with van der Waals surface area (Å²) in [4.78, 5) is 17.3. The second kappa shape index (κ2) is 5.13. The molecule has 0 aromatic carbocycles. The molecule has 2 N–H and O–H groups in total. The number of likely N-dealkylation sites (tertiary alicyclic amines) is 1. The fourth-order valence-electron chi connectivity index (χ4n) is 3.19. The summed E-state index contributed by atoms with van der Waals surface area (Å²) in [6, 6.07) is 0.471. The Morgan fingerprint density at radius 3 is 2.44 bits per heavy atom. The molecule has 0 aromatic rings. The molecule has 0 radical (unpaired) electrons. The highest BCUT2D eigenvalue weighted by Crippen LogP contribution is 2.40. The number of amides is 1. The van der Waals surface area contributed by atoms with Gasteiger partial charge in [-0.3, -0.25) is 4.79 Å². The molecule has 1 saturated carbocycles. The van der Waals surface area contributed by atoms with Crippen molar-refractivity contribution in [3.05, 3.63) is 0 Å². The summed E-state index contributed by atoms with van der Waals surface area (Å²) < 4.78 is 0. The summed E-state index contributed by atoms with van der Waals surface area (Å²) in [7, 11) is 4.13. The monoisotopic (exact) mass is 269 g/mol. The lowest BCUT2D eigenvalue weighted by Gasteiger charge is -2.31. The first-order valence-corrected chi connectivity index (χ1v) is 7.14. The van der Waals surface area contributed by atoms with Crippen molar-refractivity contribution in [2.45, 2.75) is 38.1 Å². The van der Waals surface area contributed by atoms with E-state index in [2.05, 4.69) is 19.0 Å². The Labute approximate surface area is 114 Å². The molecular formula is C13H23N3OS. The van der Waals surface area contributed by atoms with Gasteiger partial charge in [-0.25, -0.2) is 0 Å². The van der Waals surface area contributed by atoms with Crippen molar-refractivity contribution >= 4 is 23.1 Å². The highest BCUT2D eigenvalue weighted by Gasteiger charge is 2.47. The first kappa shape index (κ1) is 13.7.